The number of fused-ring (bicyclic) bond motifs is 1. The first-order valence-corrected chi connectivity index (χ1v) is 12.4. The van der Waals surface area contributed by atoms with Crippen molar-refractivity contribution in [1.82, 2.24) is 9.97 Å². The van der Waals surface area contributed by atoms with E-state index in [4.69, 9.17) is 14.2 Å². The Morgan fingerprint density at radius 1 is 1.08 bits per heavy atom. The highest BCUT2D eigenvalue weighted by Gasteiger charge is 2.60. The minimum absolute atomic E-state index is 0.0426. The Bertz CT molecular complexity index is 1070. The van der Waals surface area contributed by atoms with Gasteiger partial charge in [-0.2, -0.15) is 4.98 Å². The molecule has 3 rings (SSSR count). The van der Waals surface area contributed by atoms with Crippen LogP contribution in [0.5, 0.6) is 0 Å². The summed E-state index contributed by atoms with van der Waals surface area (Å²) in [6.07, 6.45) is -2.07. The molecule has 204 valence electrons. The molecule has 2 unspecified atom stereocenters. The highest BCUT2D eigenvalue weighted by atomic mass is 19.1. The van der Waals surface area contributed by atoms with Gasteiger partial charge < -0.3 is 19.5 Å². The van der Waals surface area contributed by atoms with Crippen LogP contribution >= 0.6 is 0 Å². The maximum atomic E-state index is 16.5. The molecule has 1 aromatic rings. The summed E-state index contributed by atoms with van der Waals surface area (Å²) in [4.78, 5) is 49.9. The maximum Gasteiger partial charge on any atom is 0.308 e. The van der Waals surface area contributed by atoms with Gasteiger partial charge in [0.2, 0.25) is 11.9 Å². The lowest BCUT2D eigenvalue weighted by Gasteiger charge is -2.29. The molecule has 12 heteroatoms. The number of rotatable bonds is 9. The van der Waals surface area contributed by atoms with Gasteiger partial charge in [-0.1, -0.05) is 41.5 Å². The number of halogens is 1. The third-order valence-electron chi connectivity index (χ3n) is 6.26. The molecule has 0 radical (unpaired) electrons. The van der Waals surface area contributed by atoms with Gasteiger partial charge in [-0.3, -0.25) is 24.7 Å². The molecule has 0 spiro atoms. The highest BCUT2D eigenvalue weighted by Crippen LogP contribution is 2.47. The number of aromatic nitrogens is 2. The summed E-state index contributed by atoms with van der Waals surface area (Å²) in [5, 5.41) is 5.58. The van der Waals surface area contributed by atoms with Gasteiger partial charge in [-0.25, -0.2) is 9.37 Å². The number of ether oxygens (including phenoxy) is 3. The number of carbonyl (C=O) groups is 3. The van der Waals surface area contributed by atoms with Crippen molar-refractivity contribution in [3.63, 3.8) is 0 Å². The molecule has 2 aliphatic rings. The zero-order valence-electron chi connectivity index (χ0n) is 22.5. The Hall–Kier alpha value is -3.15. The zero-order valence-corrected chi connectivity index (χ0v) is 22.5. The largest absolute Gasteiger partial charge is 0.463 e. The molecule has 5 atom stereocenters. The first-order chi connectivity index (χ1) is 17.3. The van der Waals surface area contributed by atoms with Crippen LogP contribution in [0.3, 0.4) is 0 Å². The van der Waals surface area contributed by atoms with Crippen LogP contribution in [0.1, 0.15) is 60.1 Å². The van der Waals surface area contributed by atoms with Gasteiger partial charge in [0.1, 0.15) is 24.5 Å². The Morgan fingerprint density at radius 3 is 2.30 bits per heavy atom. The number of amides is 1. The summed E-state index contributed by atoms with van der Waals surface area (Å²) in [6.45, 7) is 11.1. The van der Waals surface area contributed by atoms with E-state index >= 15 is 4.39 Å². The van der Waals surface area contributed by atoms with E-state index in [1.807, 2.05) is 0 Å². The topological polar surface area (TPSA) is 141 Å². The number of esters is 2. The second kappa shape index (κ2) is 11.1. The fourth-order valence-corrected chi connectivity index (χ4v) is 4.03. The number of carbonyl (C=O) groups excluding carboxylic acids is 3. The third-order valence-corrected chi connectivity index (χ3v) is 6.26. The number of aliphatic imine (C=N–C) groups is 1. The van der Waals surface area contributed by atoms with Gasteiger partial charge >= 0.3 is 11.9 Å². The van der Waals surface area contributed by atoms with E-state index in [-0.39, 0.29) is 24.4 Å². The standard InChI is InChI=1S/C25H36FN5O6/c1-11(2)21(32)31-24-29-16-14(9-28-17(16)20(27-8)30-24)18-25(7,26)19(37-23(34)13(5)6)15(36-18)10-35-22(33)12(3)4/h9,11-15,18-19H,10H2,1-8H3,(H2,27,29,30,31,32)/t14?,15-,18?,19-,25+/m1/s1. The monoisotopic (exact) mass is 521 g/mol. The van der Waals surface area contributed by atoms with Crippen LogP contribution in [0.25, 0.3) is 0 Å². The van der Waals surface area contributed by atoms with E-state index in [0.29, 0.717) is 17.2 Å². The minimum Gasteiger partial charge on any atom is -0.463 e. The van der Waals surface area contributed by atoms with Crippen LogP contribution in [0.2, 0.25) is 0 Å². The average molecular weight is 522 g/mol. The van der Waals surface area contributed by atoms with Crippen LogP contribution in [0.15, 0.2) is 4.99 Å². The Kier molecular flexibility index (Phi) is 8.51. The molecule has 2 aliphatic heterocycles. The van der Waals surface area contributed by atoms with Gasteiger partial charge in [0.25, 0.3) is 0 Å². The van der Waals surface area contributed by atoms with Crippen molar-refractivity contribution in [2.75, 3.05) is 24.3 Å². The summed E-state index contributed by atoms with van der Waals surface area (Å²) < 4.78 is 33.5. The molecule has 11 nitrogen and oxygen atoms in total. The molecule has 2 N–H and O–H groups in total. The number of hydrogen-bond donors (Lipinski definition) is 2. The van der Waals surface area contributed by atoms with E-state index in [0.717, 1.165) is 0 Å². The zero-order chi connectivity index (χ0) is 27.7. The Balaban J connectivity index is 1.96. The van der Waals surface area contributed by atoms with Gasteiger partial charge in [0.05, 0.1) is 23.4 Å². The maximum absolute atomic E-state index is 16.5. The van der Waals surface area contributed by atoms with Crippen molar-refractivity contribution < 1.29 is 33.0 Å². The van der Waals surface area contributed by atoms with Crippen LogP contribution in [-0.4, -0.2) is 71.7 Å². The smallest absolute Gasteiger partial charge is 0.308 e. The molecular weight excluding hydrogens is 485 g/mol. The van der Waals surface area contributed by atoms with Crippen molar-refractivity contribution in [2.24, 2.45) is 22.7 Å². The average Bonchev–Trinajstić information content (AvgIpc) is 3.34. The van der Waals surface area contributed by atoms with Crippen molar-refractivity contribution in [3.05, 3.63) is 5.69 Å². The van der Waals surface area contributed by atoms with Gasteiger partial charge in [0.15, 0.2) is 17.6 Å². The lowest BCUT2D eigenvalue weighted by atomic mass is 9.86. The van der Waals surface area contributed by atoms with Crippen LogP contribution in [0.4, 0.5) is 21.8 Å². The highest BCUT2D eigenvalue weighted by molar-refractivity contribution is 5.92. The quantitative estimate of drug-likeness (QED) is 0.469. The predicted octanol–water partition coefficient (Wildman–Crippen LogP) is 3.17. The lowest BCUT2D eigenvalue weighted by molar-refractivity contribution is -0.165. The molecule has 1 fully saturated rings. The summed E-state index contributed by atoms with van der Waals surface area (Å²) in [5.41, 5.74) is -1.45. The van der Waals surface area contributed by atoms with E-state index in [1.165, 1.54) is 13.1 Å². The van der Waals surface area contributed by atoms with Gasteiger partial charge in [-0.05, 0) is 6.92 Å². The number of nitrogens with one attached hydrogen (secondary N) is 2. The van der Waals surface area contributed by atoms with Crippen LogP contribution in [-0.2, 0) is 28.6 Å². The summed E-state index contributed by atoms with van der Waals surface area (Å²) in [6, 6.07) is 0. The molecule has 3 heterocycles. The predicted molar refractivity (Wildman–Crippen MR) is 135 cm³/mol. The van der Waals surface area contributed by atoms with E-state index in [9.17, 15) is 14.4 Å². The number of alkyl halides is 1. The van der Waals surface area contributed by atoms with Crippen LogP contribution in [0, 0.1) is 17.8 Å². The molecule has 37 heavy (non-hydrogen) atoms. The molecular formula is C25H36FN5O6. The molecule has 0 aromatic carbocycles. The molecule has 0 bridgehead atoms. The van der Waals surface area contributed by atoms with Gasteiger partial charge in [-0.15, -0.1) is 0 Å². The van der Waals surface area contributed by atoms with E-state index in [1.54, 1.807) is 48.6 Å². The summed E-state index contributed by atoms with van der Waals surface area (Å²) >= 11 is 0. The first-order valence-electron chi connectivity index (χ1n) is 12.4. The van der Waals surface area contributed by atoms with E-state index in [2.05, 4.69) is 25.6 Å². The summed E-state index contributed by atoms with van der Waals surface area (Å²) in [5.74, 6) is -2.95. The lowest BCUT2D eigenvalue weighted by Crippen LogP contribution is -2.47. The molecule has 0 saturated carbocycles. The normalized spacial score (nSPS) is 26.5. The molecule has 0 aliphatic carbocycles. The Morgan fingerprint density at radius 2 is 1.73 bits per heavy atom. The minimum atomic E-state index is -2.19. The van der Waals surface area contributed by atoms with Crippen molar-refractivity contribution >= 4 is 41.5 Å². The van der Waals surface area contributed by atoms with Crippen molar-refractivity contribution in [3.8, 4) is 0 Å². The summed E-state index contributed by atoms with van der Waals surface area (Å²) in [7, 11) is 1.64. The first kappa shape index (κ1) is 28.4. The molecule has 1 amide bonds. The third kappa shape index (κ3) is 5.89. The SMILES string of the molecule is CNc1nc(NC(=O)C(C)C)nc2c1N=CC2C1O[C@H](COC(=O)C(C)C)[C@@H](OC(=O)C(C)C)[C@@]1(C)F. The van der Waals surface area contributed by atoms with Gasteiger partial charge in [0, 0.05) is 19.2 Å². The van der Waals surface area contributed by atoms with E-state index < -0.39 is 53.7 Å². The van der Waals surface area contributed by atoms with Crippen molar-refractivity contribution in [1.29, 1.82) is 0 Å². The fraction of sp³-hybridized carbons (Fsp3) is 0.680. The molecule has 1 aromatic heterocycles. The van der Waals surface area contributed by atoms with Crippen molar-refractivity contribution in [2.45, 2.75) is 78.4 Å². The van der Waals surface area contributed by atoms with Crippen LogP contribution < -0.4 is 10.6 Å². The second-order valence-corrected chi connectivity index (χ2v) is 10.4. The fourth-order valence-electron chi connectivity index (χ4n) is 4.03. The Labute approximate surface area is 216 Å². The second-order valence-electron chi connectivity index (χ2n) is 10.4. The molecule has 1 saturated heterocycles. The number of nitrogens with zero attached hydrogens (tertiary/aromatic N) is 3. The number of anilines is 2. The number of hydrogen-bond acceptors (Lipinski definition) is 10.